The van der Waals surface area contributed by atoms with E-state index in [1.165, 1.54) is 11.1 Å². The van der Waals surface area contributed by atoms with Crippen LogP contribution < -0.4 is 0 Å². The first-order chi connectivity index (χ1) is 8.92. The Bertz CT molecular complexity index is 344. The molecule has 0 bridgehead atoms. The van der Waals surface area contributed by atoms with E-state index in [1.807, 2.05) is 12.1 Å². The average Bonchev–Trinajstić information content (AvgIpc) is 3.05. The Hall–Kier alpha value is -0.940. The van der Waals surface area contributed by atoms with Crippen molar-refractivity contribution in [3.05, 3.63) is 35.4 Å². The molecule has 0 aliphatic carbocycles. The molecule has 2 fully saturated rings. The van der Waals surface area contributed by atoms with Crippen molar-refractivity contribution in [2.24, 2.45) is 0 Å². The smallest absolute Gasteiger partial charge is 0.161 e. The maximum absolute atomic E-state index is 5.50. The van der Waals surface area contributed by atoms with Gasteiger partial charge in [0.15, 0.2) is 12.6 Å². The molecule has 0 amide bonds. The van der Waals surface area contributed by atoms with Crippen molar-refractivity contribution >= 4 is 0 Å². The van der Waals surface area contributed by atoms with Crippen LogP contribution in [0.1, 0.15) is 11.1 Å². The van der Waals surface area contributed by atoms with Gasteiger partial charge in [-0.15, -0.1) is 0 Å². The fourth-order valence-electron chi connectivity index (χ4n) is 2.37. The first-order valence-corrected chi connectivity index (χ1v) is 6.45. The van der Waals surface area contributed by atoms with E-state index in [4.69, 9.17) is 18.9 Å². The molecule has 3 rings (SSSR count). The van der Waals surface area contributed by atoms with E-state index >= 15 is 0 Å². The second-order valence-corrected chi connectivity index (χ2v) is 4.52. The Kier molecular flexibility index (Phi) is 3.90. The van der Waals surface area contributed by atoms with Gasteiger partial charge >= 0.3 is 0 Å². The highest BCUT2D eigenvalue weighted by Crippen LogP contribution is 2.19. The van der Waals surface area contributed by atoms with Gasteiger partial charge in [-0.2, -0.15) is 0 Å². The van der Waals surface area contributed by atoms with Gasteiger partial charge in [0.1, 0.15) is 0 Å². The van der Waals surface area contributed by atoms with Gasteiger partial charge in [0.05, 0.1) is 26.4 Å². The minimum Gasteiger partial charge on any atom is -0.350 e. The van der Waals surface area contributed by atoms with Crippen LogP contribution in [0, 0.1) is 0 Å². The summed E-state index contributed by atoms with van der Waals surface area (Å²) in [5, 5.41) is 0. The number of rotatable bonds is 4. The van der Waals surface area contributed by atoms with Crippen LogP contribution in [0.5, 0.6) is 0 Å². The van der Waals surface area contributed by atoms with Crippen molar-refractivity contribution in [1.82, 2.24) is 0 Å². The molecule has 0 N–H and O–H groups in total. The topological polar surface area (TPSA) is 36.9 Å². The van der Waals surface area contributed by atoms with E-state index in [9.17, 15) is 0 Å². The molecule has 98 valence electrons. The highest BCUT2D eigenvalue weighted by Gasteiger charge is 2.21. The normalized spacial score (nSPS) is 21.8. The molecule has 1 aromatic carbocycles. The molecule has 0 saturated carbocycles. The van der Waals surface area contributed by atoms with Gasteiger partial charge in [0.25, 0.3) is 0 Å². The van der Waals surface area contributed by atoms with Crippen LogP contribution in [0.2, 0.25) is 0 Å². The van der Waals surface area contributed by atoms with Crippen LogP contribution >= 0.6 is 0 Å². The van der Waals surface area contributed by atoms with E-state index in [-0.39, 0.29) is 12.6 Å². The molecule has 2 saturated heterocycles. The quantitative estimate of drug-likeness (QED) is 0.812. The first kappa shape index (κ1) is 12.1. The summed E-state index contributed by atoms with van der Waals surface area (Å²) >= 11 is 0. The predicted octanol–water partition coefficient (Wildman–Crippen LogP) is 1.52. The third kappa shape index (κ3) is 2.90. The lowest BCUT2D eigenvalue weighted by molar-refractivity contribution is -0.0442. The van der Waals surface area contributed by atoms with Gasteiger partial charge in [-0.05, 0) is 11.1 Å². The highest BCUT2D eigenvalue weighted by atomic mass is 16.7. The summed E-state index contributed by atoms with van der Waals surface area (Å²) in [6, 6.07) is 8.33. The molecule has 0 atom stereocenters. The maximum atomic E-state index is 5.50. The molecule has 2 aliphatic rings. The van der Waals surface area contributed by atoms with Crippen molar-refractivity contribution in [1.29, 1.82) is 0 Å². The Morgan fingerprint density at radius 2 is 1.11 bits per heavy atom. The first-order valence-electron chi connectivity index (χ1n) is 6.45. The molecule has 0 spiro atoms. The fraction of sp³-hybridized carbons (Fsp3) is 0.571. The molecule has 0 radical (unpaired) electrons. The molecule has 0 aromatic heterocycles. The van der Waals surface area contributed by atoms with Gasteiger partial charge in [0.2, 0.25) is 0 Å². The lowest BCUT2D eigenvalue weighted by Crippen LogP contribution is -2.16. The lowest BCUT2D eigenvalue weighted by atomic mass is 10.0. The maximum Gasteiger partial charge on any atom is 0.161 e. The van der Waals surface area contributed by atoms with Gasteiger partial charge in [-0.1, -0.05) is 24.3 Å². The highest BCUT2D eigenvalue weighted by molar-refractivity contribution is 5.28. The third-order valence-corrected chi connectivity index (χ3v) is 3.27. The second-order valence-electron chi connectivity index (χ2n) is 4.52. The number of hydrogen-bond donors (Lipinski definition) is 0. The SMILES string of the molecule is c1ccc(CC2OCCO2)c(CC2OCCO2)c1. The summed E-state index contributed by atoms with van der Waals surface area (Å²) in [7, 11) is 0. The molecular weight excluding hydrogens is 232 g/mol. The Morgan fingerprint density at radius 3 is 1.50 bits per heavy atom. The zero-order valence-electron chi connectivity index (χ0n) is 10.3. The van der Waals surface area contributed by atoms with E-state index in [1.54, 1.807) is 0 Å². The van der Waals surface area contributed by atoms with E-state index in [0.717, 1.165) is 12.8 Å². The molecule has 4 heteroatoms. The van der Waals surface area contributed by atoms with Crippen molar-refractivity contribution in [3.63, 3.8) is 0 Å². The van der Waals surface area contributed by atoms with E-state index in [2.05, 4.69) is 12.1 Å². The zero-order chi connectivity index (χ0) is 12.2. The third-order valence-electron chi connectivity index (χ3n) is 3.27. The Labute approximate surface area is 107 Å². The second kappa shape index (κ2) is 5.80. The van der Waals surface area contributed by atoms with Crippen molar-refractivity contribution in [2.75, 3.05) is 26.4 Å². The van der Waals surface area contributed by atoms with E-state index < -0.39 is 0 Å². The Balaban J connectivity index is 1.67. The summed E-state index contributed by atoms with van der Waals surface area (Å²) in [4.78, 5) is 0. The summed E-state index contributed by atoms with van der Waals surface area (Å²) in [6.07, 6.45) is 1.39. The van der Waals surface area contributed by atoms with Crippen LogP contribution in [0.15, 0.2) is 24.3 Å². The monoisotopic (exact) mass is 250 g/mol. The fourth-order valence-corrected chi connectivity index (χ4v) is 2.37. The molecule has 0 unspecified atom stereocenters. The number of benzene rings is 1. The minimum absolute atomic E-state index is 0.100. The lowest BCUT2D eigenvalue weighted by Gasteiger charge is -2.15. The average molecular weight is 250 g/mol. The molecule has 1 aromatic rings. The van der Waals surface area contributed by atoms with Crippen molar-refractivity contribution in [2.45, 2.75) is 25.4 Å². The molecule has 2 heterocycles. The minimum atomic E-state index is -0.100. The molecular formula is C14H18O4. The zero-order valence-corrected chi connectivity index (χ0v) is 10.3. The summed E-state index contributed by atoms with van der Waals surface area (Å²) in [6.45, 7) is 2.78. The standard InChI is InChI=1S/C14H18O4/c1-2-4-12(10-14-17-7-8-18-14)11(3-1)9-13-15-5-6-16-13/h1-4,13-14H,5-10H2. The molecule has 2 aliphatic heterocycles. The van der Waals surface area contributed by atoms with Crippen LogP contribution in [-0.2, 0) is 31.8 Å². The largest absolute Gasteiger partial charge is 0.350 e. The number of ether oxygens (including phenoxy) is 4. The molecule has 4 nitrogen and oxygen atoms in total. The predicted molar refractivity (Wildman–Crippen MR) is 65.2 cm³/mol. The van der Waals surface area contributed by atoms with Gasteiger partial charge < -0.3 is 18.9 Å². The van der Waals surface area contributed by atoms with Crippen LogP contribution in [0.3, 0.4) is 0 Å². The molecule has 18 heavy (non-hydrogen) atoms. The Morgan fingerprint density at radius 1 is 0.722 bits per heavy atom. The van der Waals surface area contributed by atoms with Gasteiger partial charge in [-0.25, -0.2) is 0 Å². The van der Waals surface area contributed by atoms with E-state index in [0.29, 0.717) is 26.4 Å². The number of hydrogen-bond acceptors (Lipinski definition) is 4. The van der Waals surface area contributed by atoms with Crippen LogP contribution in [0.4, 0.5) is 0 Å². The summed E-state index contributed by atoms with van der Waals surface area (Å²) < 4.78 is 22.0. The van der Waals surface area contributed by atoms with Crippen molar-refractivity contribution < 1.29 is 18.9 Å². The van der Waals surface area contributed by atoms with Crippen LogP contribution in [0.25, 0.3) is 0 Å². The summed E-state index contributed by atoms with van der Waals surface area (Å²) in [5.74, 6) is 0. The van der Waals surface area contributed by atoms with Gasteiger partial charge in [0, 0.05) is 12.8 Å². The van der Waals surface area contributed by atoms with Crippen LogP contribution in [-0.4, -0.2) is 39.0 Å². The summed E-state index contributed by atoms with van der Waals surface area (Å²) in [5.41, 5.74) is 2.51. The van der Waals surface area contributed by atoms with Crippen molar-refractivity contribution in [3.8, 4) is 0 Å². The van der Waals surface area contributed by atoms with Gasteiger partial charge in [-0.3, -0.25) is 0 Å².